The van der Waals surface area contributed by atoms with Crippen LogP contribution in [0.2, 0.25) is 0 Å². The van der Waals surface area contributed by atoms with Gasteiger partial charge in [-0.1, -0.05) is 0 Å². The first-order valence-electron chi connectivity index (χ1n) is 4.52. The fourth-order valence-corrected chi connectivity index (χ4v) is 1.43. The molecular weight excluding hydrogens is 284 g/mol. The predicted octanol–water partition coefficient (Wildman–Crippen LogP) is 2.76. The van der Waals surface area contributed by atoms with E-state index in [0.29, 0.717) is 0 Å². The van der Waals surface area contributed by atoms with Crippen LogP contribution in [-0.4, -0.2) is 27.1 Å². The smallest absolute Gasteiger partial charge is 0.173 e. The summed E-state index contributed by atoms with van der Waals surface area (Å²) in [6.45, 7) is 0.227. The molecule has 90 valence electrons. The minimum Gasteiger partial charge on any atom is -0.377 e. The van der Waals surface area contributed by atoms with Gasteiger partial charge in [-0.15, -0.1) is 0 Å². The Kier molecular flexibility index (Phi) is 5.11. The third kappa shape index (κ3) is 3.40. The Labute approximate surface area is 101 Å². The largest absolute Gasteiger partial charge is 0.377 e. The van der Waals surface area contributed by atoms with Gasteiger partial charge in [0.05, 0.1) is 16.7 Å². The highest BCUT2D eigenvalue weighted by atomic mass is 79.9. The summed E-state index contributed by atoms with van der Waals surface area (Å²) in [5, 5.41) is 2.70. The summed E-state index contributed by atoms with van der Waals surface area (Å²) in [4.78, 5) is 0. The number of nitrogens with one attached hydrogen (secondary N) is 1. The fourth-order valence-electron chi connectivity index (χ4n) is 1.11. The van der Waals surface area contributed by atoms with Gasteiger partial charge >= 0.3 is 0 Å². The van der Waals surface area contributed by atoms with E-state index in [1.54, 1.807) is 0 Å². The Bertz CT molecular complexity index is 359. The summed E-state index contributed by atoms with van der Waals surface area (Å²) < 4.78 is 36.4. The van der Waals surface area contributed by atoms with Crippen LogP contribution >= 0.6 is 15.9 Å². The molecule has 0 aliphatic carbocycles. The van der Waals surface area contributed by atoms with Crippen molar-refractivity contribution in [1.82, 2.24) is 0 Å². The van der Waals surface area contributed by atoms with Crippen molar-refractivity contribution in [1.29, 1.82) is 0 Å². The monoisotopic (exact) mass is 295 g/mol. The summed E-state index contributed by atoms with van der Waals surface area (Å²) in [6.07, 6.45) is -0.508. The molecular formula is C10H12BrF2NO2. The molecule has 0 saturated heterocycles. The zero-order valence-electron chi connectivity index (χ0n) is 8.89. The van der Waals surface area contributed by atoms with Gasteiger partial charge in [-0.05, 0) is 22.0 Å². The van der Waals surface area contributed by atoms with Gasteiger partial charge in [-0.25, -0.2) is 8.78 Å². The molecule has 0 aliphatic heterocycles. The average Bonchev–Trinajstić information content (AvgIpc) is 2.26. The van der Waals surface area contributed by atoms with Crippen molar-refractivity contribution in [3.63, 3.8) is 0 Å². The minimum atomic E-state index is -0.542. The van der Waals surface area contributed by atoms with Crippen molar-refractivity contribution in [2.24, 2.45) is 0 Å². The molecule has 0 spiro atoms. The number of hydrogen-bond donors (Lipinski definition) is 1. The molecule has 1 rings (SSSR count). The van der Waals surface area contributed by atoms with E-state index in [0.717, 1.165) is 12.1 Å². The molecule has 0 unspecified atom stereocenters. The number of benzene rings is 1. The Balaban J connectivity index is 2.70. The standard InChI is InChI=1S/C10H12BrF2NO2/c1-15-10(16-2)5-14-9-4-7(12)6(11)3-8(9)13/h3-4,10,14H,5H2,1-2H3. The van der Waals surface area contributed by atoms with Crippen molar-refractivity contribution < 1.29 is 18.3 Å². The van der Waals surface area contributed by atoms with Gasteiger partial charge in [0, 0.05) is 20.3 Å². The maximum absolute atomic E-state index is 13.3. The molecule has 0 radical (unpaired) electrons. The second-order valence-corrected chi connectivity index (χ2v) is 3.88. The number of methoxy groups -OCH3 is 2. The quantitative estimate of drug-likeness (QED) is 0.669. The Morgan fingerprint density at radius 3 is 2.44 bits per heavy atom. The Morgan fingerprint density at radius 1 is 1.25 bits per heavy atom. The van der Waals surface area contributed by atoms with E-state index in [4.69, 9.17) is 9.47 Å². The van der Waals surface area contributed by atoms with Crippen LogP contribution in [-0.2, 0) is 9.47 Å². The van der Waals surface area contributed by atoms with Gasteiger partial charge in [0.15, 0.2) is 6.29 Å². The van der Waals surface area contributed by atoms with E-state index >= 15 is 0 Å². The Hall–Kier alpha value is -0.720. The second-order valence-electron chi connectivity index (χ2n) is 3.03. The lowest BCUT2D eigenvalue weighted by Crippen LogP contribution is -2.24. The van der Waals surface area contributed by atoms with E-state index in [9.17, 15) is 8.78 Å². The fraction of sp³-hybridized carbons (Fsp3) is 0.400. The second kappa shape index (κ2) is 6.12. The molecule has 1 aromatic rings. The lowest BCUT2D eigenvalue weighted by atomic mass is 10.3. The Morgan fingerprint density at radius 2 is 1.88 bits per heavy atom. The lowest BCUT2D eigenvalue weighted by Gasteiger charge is -2.15. The van der Waals surface area contributed by atoms with Crippen molar-refractivity contribution in [2.75, 3.05) is 26.1 Å². The van der Waals surface area contributed by atoms with Gasteiger partial charge in [-0.2, -0.15) is 0 Å². The predicted molar refractivity (Wildman–Crippen MR) is 60.4 cm³/mol. The third-order valence-electron chi connectivity index (χ3n) is 1.99. The van der Waals surface area contributed by atoms with Crippen molar-refractivity contribution in [3.05, 3.63) is 28.2 Å². The zero-order chi connectivity index (χ0) is 12.1. The van der Waals surface area contributed by atoms with E-state index < -0.39 is 17.9 Å². The molecule has 3 nitrogen and oxygen atoms in total. The number of anilines is 1. The SMILES string of the molecule is COC(CNc1cc(F)c(Br)cc1F)OC. The highest BCUT2D eigenvalue weighted by molar-refractivity contribution is 9.10. The van der Waals surface area contributed by atoms with Crippen LogP contribution in [0.5, 0.6) is 0 Å². The number of hydrogen-bond acceptors (Lipinski definition) is 3. The molecule has 6 heteroatoms. The summed E-state index contributed by atoms with van der Waals surface area (Å²) in [6, 6.07) is 2.13. The van der Waals surface area contributed by atoms with E-state index in [-0.39, 0.29) is 16.7 Å². The first-order chi connectivity index (χ1) is 7.58. The number of rotatable bonds is 5. The third-order valence-corrected chi connectivity index (χ3v) is 2.60. The molecule has 1 N–H and O–H groups in total. The maximum atomic E-state index is 13.3. The average molecular weight is 296 g/mol. The molecule has 0 aliphatic rings. The molecule has 1 aromatic carbocycles. The van der Waals surface area contributed by atoms with Crippen LogP contribution in [0, 0.1) is 11.6 Å². The molecule has 0 aromatic heterocycles. The maximum Gasteiger partial charge on any atom is 0.173 e. The number of halogens is 3. The zero-order valence-corrected chi connectivity index (χ0v) is 10.5. The molecule has 0 saturated carbocycles. The van der Waals surface area contributed by atoms with Gasteiger partial charge in [-0.3, -0.25) is 0 Å². The highest BCUT2D eigenvalue weighted by Crippen LogP contribution is 2.23. The van der Waals surface area contributed by atoms with Crippen LogP contribution in [0.15, 0.2) is 16.6 Å². The molecule has 16 heavy (non-hydrogen) atoms. The normalized spacial score (nSPS) is 10.9. The summed E-state index contributed by atoms with van der Waals surface area (Å²) >= 11 is 2.90. The van der Waals surface area contributed by atoms with Gasteiger partial charge < -0.3 is 14.8 Å². The molecule has 0 atom stereocenters. The topological polar surface area (TPSA) is 30.5 Å². The molecule has 0 fully saturated rings. The first-order valence-corrected chi connectivity index (χ1v) is 5.31. The molecule has 0 heterocycles. The molecule has 0 bridgehead atoms. The lowest BCUT2D eigenvalue weighted by molar-refractivity contribution is -0.0914. The summed E-state index contributed by atoms with van der Waals surface area (Å²) in [7, 11) is 2.93. The van der Waals surface area contributed by atoms with E-state index in [1.165, 1.54) is 14.2 Å². The van der Waals surface area contributed by atoms with E-state index in [1.807, 2.05) is 0 Å². The van der Waals surface area contributed by atoms with Crippen LogP contribution in [0.25, 0.3) is 0 Å². The van der Waals surface area contributed by atoms with Gasteiger partial charge in [0.25, 0.3) is 0 Å². The highest BCUT2D eigenvalue weighted by Gasteiger charge is 2.10. The summed E-state index contributed by atoms with van der Waals surface area (Å²) in [5.41, 5.74) is 0.0693. The van der Waals surface area contributed by atoms with Gasteiger partial charge in [0.1, 0.15) is 11.6 Å². The van der Waals surface area contributed by atoms with Gasteiger partial charge in [0.2, 0.25) is 0 Å². The van der Waals surface area contributed by atoms with Crippen LogP contribution in [0.3, 0.4) is 0 Å². The van der Waals surface area contributed by atoms with Crippen LogP contribution in [0.1, 0.15) is 0 Å². The summed E-state index contributed by atoms with van der Waals surface area (Å²) in [5.74, 6) is -1.07. The van der Waals surface area contributed by atoms with Crippen LogP contribution < -0.4 is 5.32 Å². The first kappa shape index (κ1) is 13.3. The number of ether oxygens (including phenoxy) is 2. The van der Waals surface area contributed by atoms with Crippen LogP contribution in [0.4, 0.5) is 14.5 Å². The van der Waals surface area contributed by atoms with Crippen molar-refractivity contribution in [2.45, 2.75) is 6.29 Å². The minimum absolute atomic E-state index is 0.0693. The molecule has 0 amide bonds. The van der Waals surface area contributed by atoms with E-state index in [2.05, 4.69) is 21.2 Å². The van der Waals surface area contributed by atoms with Crippen molar-refractivity contribution >= 4 is 21.6 Å². The van der Waals surface area contributed by atoms with Crippen molar-refractivity contribution in [3.8, 4) is 0 Å².